The molecule has 0 aliphatic carbocycles. The number of nitrogens with one attached hydrogen (secondary N) is 2. The van der Waals surface area contributed by atoms with Gasteiger partial charge in [-0.15, -0.1) is 10.2 Å². The van der Waals surface area contributed by atoms with Crippen molar-refractivity contribution < 1.29 is 9.18 Å². The number of carbonyl (C=O) groups is 1. The molecule has 1 aromatic heterocycles. The number of hydrogen-bond donors (Lipinski definition) is 2. The summed E-state index contributed by atoms with van der Waals surface area (Å²) < 4.78 is 15.7. The third kappa shape index (κ3) is 5.54. The molecule has 1 heterocycles. The lowest BCUT2D eigenvalue weighted by molar-refractivity contribution is -0.113. The van der Waals surface area contributed by atoms with Gasteiger partial charge >= 0.3 is 0 Å². The Labute approximate surface area is 168 Å². The third-order valence-corrected chi connectivity index (χ3v) is 5.23. The zero-order valence-corrected chi connectivity index (χ0v) is 16.8. The van der Waals surface area contributed by atoms with Gasteiger partial charge in [0, 0.05) is 22.9 Å². The Morgan fingerprint density at radius 3 is 2.48 bits per heavy atom. The lowest BCUT2D eigenvalue weighted by atomic mass is 10.3. The molecule has 27 heavy (non-hydrogen) atoms. The Hall–Kier alpha value is -2.39. The Morgan fingerprint density at radius 1 is 1.11 bits per heavy atom. The van der Waals surface area contributed by atoms with Crippen LogP contribution in [-0.2, 0) is 18.4 Å². The average Bonchev–Trinajstić information content (AvgIpc) is 3.01. The van der Waals surface area contributed by atoms with Crippen molar-refractivity contribution in [3.8, 4) is 0 Å². The number of carbonyl (C=O) groups excluding carboxylic acids is 1. The van der Waals surface area contributed by atoms with Crippen molar-refractivity contribution in [2.24, 2.45) is 7.05 Å². The number of benzene rings is 2. The molecule has 0 atom stereocenters. The number of nitrogens with zero attached hydrogens (tertiary/aromatic N) is 3. The van der Waals surface area contributed by atoms with Gasteiger partial charge in [0.25, 0.3) is 0 Å². The van der Waals surface area contributed by atoms with Crippen LogP contribution in [0.4, 0.5) is 15.8 Å². The maximum Gasteiger partial charge on any atom is 0.234 e. The molecule has 0 aliphatic rings. The molecule has 0 fully saturated rings. The number of amides is 1. The zero-order chi connectivity index (χ0) is 19.2. The zero-order valence-electron chi connectivity index (χ0n) is 14.4. The topological polar surface area (TPSA) is 71.8 Å². The molecule has 0 bridgehead atoms. The molecule has 0 spiro atoms. The molecule has 140 valence electrons. The highest BCUT2D eigenvalue weighted by atomic mass is 79.9. The van der Waals surface area contributed by atoms with E-state index in [0.29, 0.717) is 11.7 Å². The SMILES string of the molecule is Cn1c(CNc2ccc(F)cc2)nnc1SCC(=O)Nc1ccc(Br)cc1. The van der Waals surface area contributed by atoms with Crippen molar-refractivity contribution in [1.82, 2.24) is 14.8 Å². The minimum Gasteiger partial charge on any atom is -0.378 e. The van der Waals surface area contributed by atoms with E-state index in [1.807, 2.05) is 35.9 Å². The van der Waals surface area contributed by atoms with Gasteiger partial charge in [0.15, 0.2) is 11.0 Å². The Morgan fingerprint density at radius 2 is 1.78 bits per heavy atom. The molecule has 0 radical (unpaired) electrons. The number of hydrogen-bond acceptors (Lipinski definition) is 5. The second-order valence-electron chi connectivity index (χ2n) is 5.66. The van der Waals surface area contributed by atoms with Crippen LogP contribution in [0.2, 0.25) is 0 Å². The predicted octanol–water partition coefficient (Wildman–Crippen LogP) is 4.06. The molecule has 0 saturated carbocycles. The van der Waals surface area contributed by atoms with Crippen LogP contribution < -0.4 is 10.6 Å². The van der Waals surface area contributed by atoms with Crippen molar-refractivity contribution in [2.45, 2.75) is 11.7 Å². The molecular weight excluding hydrogens is 433 g/mol. The summed E-state index contributed by atoms with van der Waals surface area (Å²) in [5, 5.41) is 14.9. The fourth-order valence-electron chi connectivity index (χ4n) is 2.23. The normalized spacial score (nSPS) is 10.6. The van der Waals surface area contributed by atoms with Gasteiger partial charge in [0.1, 0.15) is 5.82 Å². The van der Waals surface area contributed by atoms with Crippen molar-refractivity contribution in [1.29, 1.82) is 0 Å². The van der Waals surface area contributed by atoms with Gasteiger partial charge in [-0.3, -0.25) is 4.79 Å². The highest BCUT2D eigenvalue weighted by Gasteiger charge is 2.11. The van der Waals surface area contributed by atoms with E-state index in [2.05, 4.69) is 36.8 Å². The van der Waals surface area contributed by atoms with E-state index < -0.39 is 0 Å². The van der Waals surface area contributed by atoms with Gasteiger partial charge in [-0.2, -0.15) is 0 Å². The first-order chi connectivity index (χ1) is 13.0. The van der Waals surface area contributed by atoms with Gasteiger partial charge in [-0.05, 0) is 48.5 Å². The first-order valence-electron chi connectivity index (χ1n) is 8.07. The van der Waals surface area contributed by atoms with E-state index in [-0.39, 0.29) is 17.5 Å². The summed E-state index contributed by atoms with van der Waals surface area (Å²) >= 11 is 4.67. The summed E-state index contributed by atoms with van der Waals surface area (Å²) in [6, 6.07) is 13.5. The van der Waals surface area contributed by atoms with Crippen molar-refractivity contribution in [3.63, 3.8) is 0 Å². The number of rotatable bonds is 7. The summed E-state index contributed by atoms with van der Waals surface area (Å²) in [5.74, 6) is 0.554. The summed E-state index contributed by atoms with van der Waals surface area (Å²) in [7, 11) is 1.84. The average molecular weight is 450 g/mol. The van der Waals surface area contributed by atoms with Crippen LogP contribution in [-0.4, -0.2) is 26.4 Å². The van der Waals surface area contributed by atoms with Crippen LogP contribution in [0.3, 0.4) is 0 Å². The van der Waals surface area contributed by atoms with Gasteiger partial charge in [-0.1, -0.05) is 27.7 Å². The molecule has 3 aromatic rings. The first kappa shape index (κ1) is 19.4. The molecule has 2 aromatic carbocycles. The van der Waals surface area contributed by atoms with E-state index in [0.717, 1.165) is 21.7 Å². The molecule has 0 aliphatic heterocycles. The van der Waals surface area contributed by atoms with E-state index in [1.165, 1.54) is 23.9 Å². The quantitative estimate of drug-likeness (QED) is 0.532. The lowest BCUT2D eigenvalue weighted by Gasteiger charge is -2.07. The molecule has 3 rings (SSSR count). The monoisotopic (exact) mass is 449 g/mol. The summed E-state index contributed by atoms with van der Waals surface area (Å²) in [4.78, 5) is 12.1. The van der Waals surface area contributed by atoms with Crippen LogP contribution in [0.1, 0.15) is 5.82 Å². The van der Waals surface area contributed by atoms with Crippen molar-refractivity contribution >= 4 is 45.0 Å². The van der Waals surface area contributed by atoms with E-state index in [1.54, 1.807) is 12.1 Å². The Kier molecular flexibility index (Phi) is 6.46. The second-order valence-corrected chi connectivity index (χ2v) is 7.52. The largest absolute Gasteiger partial charge is 0.378 e. The molecular formula is C18H17BrFN5OS. The number of anilines is 2. The van der Waals surface area contributed by atoms with Crippen LogP contribution in [0.25, 0.3) is 0 Å². The molecule has 9 heteroatoms. The number of halogens is 2. The second kappa shape index (κ2) is 9.01. The van der Waals surface area contributed by atoms with Crippen molar-refractivity contribution in [3.05, 3.63) is 64.6 Å². The fourth-order valence-corrected chi connectivity index (χ4v) is 3.23. The van der Waals surface area contributed by atoms with E-state index in [9.17, 15) is 9.18 Å². The summed E-state index contributed by atoms with van der Waals surface area (Å²) in [6.45, 7) is 0.445. The van der Waals surface area contributed by atoms with Gasteiger partial charge in [0.2, 0.25) is 5.91 Å². The van der Waals surface area contributed by atoms with E-state index >= 15 is 0 Å². The maximum absolute atomic E-state index is 12.9. The highest BCUT2D eigenvalue weighted by molar-refractivity contribution is 9.10. The fraction of sp³-hybridized carbons (Fsp3) is 0.167. The highest BCUT2D eigenvalue weighted by Crippen LogP contribution is 2.18. The minimum absolute atomic E-state index is 0.115. The number of thioether (sulfide) groups is 1. The number of aromatic nitrogens is 3. The molecule has 6 nitrogen and oxygen atoms in total. The van der Waals surface area contributed by atoms with Gasteiger partial charge < -0.3 is 15.2 Å². The van der Waals surface area contributed by atoms with Crippen LogP contribution in [0, 0.1) is 5.82 Å². The lowest BCUT2D eigenvalue weighted by Crippen LogP contribution is -2.14. The van der Waals surface area contributed by atoms with Crippen LogP contribution in [0.5, 0.6) is 0 Å². The Balaban J connectivity index is 1.51. The summed E-state index contributed by atoms with van der Waals surface area (Å²) in [6.07, 6.45) is 0. The predicted molar refractivity (Wildman–Crippen MR) is 108 cm³/mol. The van der Waals surface area contributed by atoms with Gasteiger partial charge in [-0.25, -0.2) is 4.39 Å². The molecule has 1 amide bonds. The Bertz CT molecular complexity index is 915. The first-order valence-corrected chi connectivity index (χ1v) is 9.85. The molecule has 0 unspecified atom stereocenters. The van der Waals surface area contributed by atoms with Crippen LogP contribution in [0.15, 0.2) is 58.2 Å². The third-order valence-electron chi connectivity index (χ3n) is 3.68. The molecule has 0 saturated heterocycles. The van der Waals surface area contributed by atoms with Gasteiger partial charge in [0.05, 0.1) is 12.3 Å². The maximum atomic E-state index is 12.9. The van der Waals surface area contributed by atoms with Crippen molar-refractivity contribution in [2.75, 3.05) is 16.4 Å². The minimum atomic E-state index is -0.278. The summed E-state index contributed by atoms with van der Waals surface area (Å²) in [5.41, 5.74) is 1.54. The molecule has 2 N–H and O–H groups in total. The van der Waals surface area contributed by atoms with E-state index in [4.69, 9.17) is 0 Å². The smallest absolute Gasteiger partial charge is 0.234 e. The van der Waals surface area contributed by atoms with Crippen LogP contribution >= 0.6 is 27.7 Å². The standard InChI is InChI=1S/C18H17BrFN5OS/c1-25-16(10-21-14-8-4-13(20)5-9-14)23-24-18(25)27-11-17(26)22-15-6-2-12(19)3-7-15/h2-9,21H,10-11H2,1H3,(H,22,26).